The highest BCUT2D eigenvalue weighted by molar-refractivity contribution is 5.76. The van der Waals surface area contributed by atoms with Gasteiger partial charge in [-0.15, -0.1) is 0 Å². The van der Waals surface area contributed by atoms with Crippen LogP contribution in [0.3, 0.4) is 0 Å². The van der Waals surface area contributed by atoms with Crippen LogP contribution in [-0.4, -0.2) is 9.55 Å². The molecule has 1 aliphatic rings. The van der Waals surface area contributed by atoms with Crippen LogP contribution in [0.25, 0.3) is 11.0 Å². The minimum Gasteiger partial charge on any atom is -0.324 e. The third-order valence-electron chi connectivity index (χ3n) is 3.72. The molecule has 1 aliphatic carbocycles. The van der Waals surface area contributed by atoms with Crippen molar-refractivity contribution in [3.8, 4) is 0 Å². The summed E-state index contributed by atoms with van der Waals surface area (Å²) in [6, 6.07) is 8.96. The number of imidazole rings is 1. The maximum Gasteiger partial charge on any atom is 0.126 e. The van der Waals surface area contributed by atoms with E-state index in [1.807, 2.05) is 13.0 Å². The molecule has 1 aromatic heterocycles. The van der Waals surface area contributed by atoms with Crippen LogP contribution in [-0.2, 0) is 0 Å². The largest absolute Gasteiger partial charge is 0.324 e. The highest BCUT2D eigenvalue weighted by Gasteiger charge is 2.23. The molecule has 0 amide bonds. The molecule has 0 saturated heterocycles. The monoisotopic (exact) mass is 229 g/mol. The van der Waals surface area contributed by atoms with Gasteiger partial charge in [-0.3, -0.25) is 0 Å². The Morgan fingerprint density at radius 1 is 1.29 bits per heavy atom. The fourth-order valence-electron chi connectivity index (χ4n) is 2.93. The van der Waals surface area contributed by atoms with Gasteiger partial charge in [0.25, 0.3) is 0 Å². The third-order valence-corrected chi connectivity index (χ3v) is 3.72. The summed E-state index contributed by atoms with van der Waals surface area (Å²) in [6.45, 7) is 2.02. The second-order valence-electron chi connectivity index (χ2n) is 5.06. The normalized spacial score (nSPS) is 18.9. The molecule has 1 atom stereocenters. The van der Waals surface area contributed by atoms with Crippen LogP contribution in [0, 0.1) is 0 Å². The van der Waals surface area contributed by atoms with Gasteiger partial charge in [-0.05, 0) is 31.9 Å². The first-order valence-corrected chi connectivity index (χ1v) is 6.50. The number of hydrogen-bond donors (Lipinski definition) is 1. The predicted octanol–water partition coefficient (Wildman–Crippen LogP) is 3.17. The number of hydrogen-bond acceptors (Lipinski definition) is 2. The zero-order valence-corrected chi connectivity index (χ0v) is 10.3. The van der Waals surface area contributed by atoms with E-state index >= 15 is 0 Å². The van der Waals surface area contributed by atoms with Crippen molar-refractivity contribution in [2.24, 2.45) is 5.73 Å². The van der Waals surface area contributed by atoms with Gasteiger partial charge in [0, 0.05) is 6.04 Å². The van der Waals surface area contributed by atoms with Crippen LogP contribution in [0.15, 0.2) is 24.3 Å². The quantitative estimate of drug-likeness (QED) is 0.859. The van der Waals surface area contributed by atoms with Crippen LogP contribution in [0.2, 0.25) is 0 Å². The minimum atomic E-state index is 0.00278. The lowest BCUT2D eigenvalue weighted by Crippen LogP contribution is -2.16. The number of para-hydroxylation sites is 2. The first kappa shape index (κ1) is 10.8. The van der Waals surface area contributed by atoms with Gasteiger partial charge in [0.1, 0.15) is 5.82 Å². The van der Waals surface area contributed by atoms with Crippen molar-refractivity contribution in [2.75, 3.05) is 0 Å². The summed E-state index contributed by atoms with van der Waals surface area (Å²) >= 11 is 0. The molecule has 3 nitrogen and oxygen atoms in total. The summed E-state index contributed by atoms with van der Waals surface area (Å²) in [5.74, 6) is 1.04. The maximum absolute atomic E-state index is 6.06. The van der Waals surface area contributed by atoms with E-state index in [9.17, 15) is 0 Å². The van der Waals surface area contributed by atoms with E-state index in [4.69, 9.17) is 10.7 Å². The molecule has 1 fully saturated rings. The lowest BCUT2D eigenvalue weighted by Gasteiger charge is -2.17. The van der Waals surface area contributed by atoms with Gasteiger partial charge in [0.15, 0.2) is 0 Å². The Kier molecular flexibility index (Phi) is 2.63. The number of benzene rings is 1. The zero-order valence-electron chi connectivity index (χ0n) is 10.3. The van der Waals surface area contributed by atoms with Crippen molar-refractivity contribution >= 4 is 11.0 Å². The van der Waals surface area contributed by atoms with Crippen LogP contribution in [0.1, 0.15) is 50.5 Å². The number of fused-ring (bicyclic) bond motifs is 1. The van der Waals surface area contributed by atoms with Crippen molar-refractivity contribution in [1.82, 2.24) is 9.55 Å². The van der Waals surface area contributed by atoms with Crippen molar-refractivity contribution in [3.63, 3.8) is 0 Å². The van der Waals surface area contributed by atoms with E-state index in [0.29, 0.717) is 6.04 Å². The Morgan fingerprint density at radius 3 is 2.71 bits per heavy atom. The SMILES string of the molecule is CC(N)c1nc2ccccc2n1C1CCCC1. The molecule has 0 spiro atoms. The van der Waals surface area contributed by atoms with E-state index in [2.05, 4.69) is 22.8 Å². The molecule has 0 radical (unpaired) electrons. The fourth-order valence-corrected chi connectivity index (χ4v) is 2.93. The number of rotatable bonds is 2. The van der Waals surface area contributed by atoms with Crippen molar-refractivity contribution in [3.05, 3.63) is 30.1 Å². The van der Waals surface area contributed by atoms with Crippen LogP contribution in [0.5, 0.6) is 0 Å². The Balaban J connectivity index is 2.20. The van der Waals surface area contributed by atoms with E-state index < -0.39 is 0 Å². The second kappa shape index (κ2) is 4.15. The van der Waals surface area contributed by atoms with Gasteiger partial charge in [-0.1, -0.05) is 25.0 Å². The van der Waals surface area contributed by atoms with Gasteiger partial charge >= 0.3 is 0 Å². The summed E-state index contributed by atoms with van der Waals surface area (Å²) in [6.07, 6.45) is 5.19. The van der Waals surface area contributed by atoms with Gasteiger partial charge in [-0.2, -0.15) is 0 Å². The zero-order chi connectivity index (χ0) is 11.8. The van der Waals surface area contributed by atoms with Gasteiger partial charge in [0.05, 0.1) is 17.1 Å². The minimum absolute atomic E-state index is 0.00278. The fraction of sp³-hybridized carbons (Fsp3) is 0.500. The smallest absolute Gasteiger partial charge is 0.126 e. The summed E-state index contributed by atoms with van der Waals surface area (Å²) < 4.78 is 2.38. The van der Waals surface area contributed by atoms with Crippen LogP contribution >= 0.6 is 0 Å². The van der Waals surface area contributed by atoms with E-state index in [1.165, 1.54) is 31.2 Å². The molecule has 3 heteroatoms. The average molecular weight is 229 g/mol. The first-order chi connectivity index (χ1) is 8.27. The Morgan fingerprint density at radius 2 is 2.00 bits per heavy atom. The van der Waals surface area contributed by atoms with Gasteiger partial charge in [0.2, 0.25) is 0 Å². The number of nitrogens with two attached hydrogens (primary N) is 1. The summed E-state index contributed by atoms with van der Waals surface area (Å²) in [5.41, 5.74) is 8.38. The van der Waals surface area contributed by atoms with E-state index in [1.54, 1.807) is 0 Å². The molecule has 3 rings (SSSR count). The molecular weight excluding hydrogens is 210 g/mol. The molecule has 1 heterocycles. The number of aromatic nitrogens is 2. The summed E-state index contributed by atoms with van der Waals surface area (Å²) in [7, 11) is 0. The van der Waals surface area contributed by atoms with Crippen LogP contribution < -0.4 is 5.73 Å². The van der Waals surface area contributed by atoms with E-state index in [0.717, 1.165) is 11.3 Å². The average Bonchev–Trinajstić information content (AvgIpc) is 2.94. The molecule has 2 N–H and O–H groups in total. The molecule has 0 aliphatic heterocycles. The Labute approximate surface area is 102 Å². The van der Waals surface area contributed by atoms with Crippen LogP contribution in [0.4, 0.5) is 0 Å². The maximum atomic E-state index is 6.06. The highest BCUT2D eigenvalue weighted by Crippen LogP contribution is 2.34. The molecule has 1 unspecified atom stereocenters. The molecule has 17 heavy (non-hydrogen) atoms. The third kappa shape index (κ3) is 1.75. The highest BCUT2D eigenvalue weighted by atomic mass is 15.1. The summed E-state index contributed by atoms with van der Waals surface area (Å²) in [4.78, 5) is 4.69. The van der Waals surface area contributed by atoms with Gasteiger partial charge < -0.3 is 10.3 Å². The van der Waals surface area contributed by atoms with E-state index in [-0.39, 0.29) is 6.04 Å². The van der Waals surface area contributed by atoms with Crippen molar-refractivity contribution in [2.45, 2.75) is 44.7 Å². The lowest BCUT2D eigenvalue weighted by atomic mass is 10.2. The Hall–Kier alpha value is -1.35. The first-order valence-electron chi connectivity index (χ1n) is 6.50. The molecular formula is C14H19N3. The Bertz CT molecular complexity index is 521. The molecule has 90 valence electrons. The molecule has 1 saturated carbocycles. The van der Waals surface area contributed by atoms with Crippen molar-refractivity contribution in [1.29, 1.82) is 0 Å². The molecule has 2 aromatic rings. The molecule has 1 aromatic carbocycles. The second-order valence-corrected chi connectivity index (χ2v) is 5.06. The van der Waals surface area contributed by atoms with Crippen molar-refractivity contribution < 1.29 is 0 Å². The lowest BCUT2D eigenvalue weighted by molar-refractivity contribution is 0.495. The number of nitrogens with zero attached hydrogens (tertiary/aromatic N) is 2. The summed E-state index contributed by atoms with van der Waals surface area (Å²) in [5, 5.41) is 0. The standard InChI is InChI=1S/C14H19N3/c1-10(15)14-16-12-8-4-5-9-13(12)17(14)11-6-2-3-7-11/h4-5,8-11H,2-3,6-7,15H2,1H3. The van der Waals surface area contributed by atoms with Gasteiger partial charge in [-0.25, -0.2) is 4.98 Å². The predicted molar refractivity (Wildman–Crippen MR) is 69.8 cm³/mol. The topological polar surface area (TPSA) is 43.8 Å². The molecule has 0 bridgehead atoms.